The topological polar surface area (TPSA) is 178 Å². The Morgan fingerprint density at radius 3 is 2.00 bits per heavy atom. The van der Waals surface area contributed by atoms with Crippen molar-refractivity contribution in [3.63, 3.8) is 0 Å². The number of aliphatic hydroxyl groups is 3. The zero-order chi connectivity index (χ0) is 29.1. The highest BCUT2D eigenvalue weighted by molar-refractivity contribution is 7.80. The smallest absolute Gasteiger partial charge is 0.397 e. The Kier molecular flexibility index (Phi) is 19.4. The van der Waals surface area contributed by atoms with Gasteiger partial charge < -0.3 is 34.3 Å². The van der Waals surface area contributed by atoms with Gasteiger partial charge in [-0.2, -0.15) is 8.42 Å². The summed E-state index contributed by atoms with van der Waals surface area (Å²) in [6.07, 6.45) is 4.90. The van der Waals surface area contributed by atoms with Crippen molar-refractivity contribution in [2.24, 2.45) is 0 Å². The van der Waals surface area contributed by atoms with Gasteiger partial charge in [-0.1, -0.05) is 78.1 Å². The zero-order valence-electron chi connectivity index (χ0n) is 23.4. The van der Waals surface area contributed by atoms with Gasteiger partial charge >= 0.3 is 16.4 Å². The third-order valence-corrected chi connectivity index (χ3v) is 6.91. The molecule has 0 bridgehead atoms. The third kappa shape index (κ3) is 16.2. The van der Waals surface area contributed by atoms with Crippen molar-refractivity contribution in [1.82, 2.24) is 0 Å². The van der Waals surface area contributed by atoms with Crippen LogP contribution in [-0.4, -0.2) is 97.5 Å². The van der Waals surface area contributed by atoms with Crippen molar-refractivity contribution in [1.29, 1.82) is 0 Å². The number of rotatable bonds is 23. The van der Waals surface area contributed by atoms with Crippen LogP contribution in [0.1, 0.15) is 97.3 Å². The lowest BCUT2D eigenvalue weighted by Gasteiger charge is -2.41. The summed E-state index contributed by atoms with van der Waals surface area (Å²) in [5.74, 6) is -0.453. The number of hydrogen-bond acceptors (Lipinski definition) is 11. The SMILES string of the molecule is CCCCCCCCCCCCCOCC(COC1OC(CO)C(O)C(OS(=O)(=O)O)C1O)OC(=O)CCC. The quantitative estimate of drug-likeness (QED) is 0.0783. The van der Waals surface area contributed by atoms with Crippen LogP contribution in [0.15, 0.2) is 0 Å². The first-order valence-corrected chi connectivity index (χ1v) is 15.7. The van der Waals surface area contributed by atoms with Crippen molar-refractivity contribution < 1.29 is 56.2 Å². The van der Waals surface area contributed by atoms with Gasteiger partial charge in [-0.25, -0.2) is 4.18 Å². The minimum Gasteiger partial charge on any atom is -0.457 e. The molecule has 6 unspecified atom stereocenters. The zero-order valence-corrected chi connectivity index (χ0v) is 24.3. The summed E-state index contributed by atoms with van der Waals surface area (Å²) in [4.78, 5) is 12.1. The maximum atomic E-state index is 12.1. The number of unbranched alkanes of at least 4 members (excludes halogenated alkanes) is 10. The van der Waals surface area contributed by atoms with Crippen LogP contribution < -0.4 is 0 Å². The normalized spacial score (nSPS) is 24.5. The van der Waals surface area contributed by atoms with Gasteiger partial charge in [0.05, 0.1) is 19.8 Å². The predicted molar refractivity (Wildman–Crippen MR) is 142 cm³/mol. The van der Waals surface area contributed by atoms with Gasteiger partial charge in [0.15, 0.2) is 6.29 Å². The third-order valence-electron chi connectivity index (χ3n) is 6.45. The molecule has 1 aliphatic heterocycles. The van der Waals surface area contributed by atoms with Gasteiger partial charge in [-0.3, -0.25) is 9.35 Å². The molecular weight excluding hydrogens is 536 g/mol. The lowest BCUT2D eigenvalue weighted by molar-refractivity contribution is -0.301. The largest absolute Gasteiger partial charge is 0.457 e. The molecule has 1 aliphatic rings. The highest BCUT2D eigenvalue weighted by atomic mass is 32.3. The molecule has 1 heterocycles. The van der Waals surface area contributed by atoms with Crippen LogP contribution in [0.4, 0.5) is 0 Å². The highest BCUT2D eigenvalue weighted by Crippen LogP contribution is 2.25. The average molecular weight is 587 g/mol. The highest BCUT2D eigenvalue weighted by Gasteiger charge is 2.48. The molecule has 0 aromatic rings. The van der Waals surface area contributed by atoms with Gasteiger partial charge in [0.2, 0.25) is 0 Å². The van der Waals surface area contributed by atoms with Gasteiger partial charge in [-0.15, -0.1) is 0 Å². The van der Waals surface area contributed by atoms with E-state index >= 15 is 0 Å². The first-order valence-electron chi connectivity index (χ1n) is 14.3. The molecule has 0 aromatic carbocycles. The van der Waals surface area contributed by atoms with Crippen molar-refractivity contribution in [3.8, 4) is 0 Å². The fraction of sp³-hybridized carbons (Fsp3) is 0.962. The number of carbonyl (C=O) groups is 1. The minimum absolute atomic E-state index is 0.0348. The van der Waals surface area contributed by atoms with Crippen LogP contribution in [-0.2, 0) is 38.3 Å². The van der Waals surface area contributed by atoms with Crippen molar-refractivity contribution >= 4 is 16.4 Å². The van der Waals surface area contributed by atoms with E-state index < -0.39 is 59.8 Å². The van der Waals surface area contributed by atoms with E-state index in [1.165, 1.54) is 51.4 Å². The van der Waals surface area contributed by atoms with E-state index in [9.17, 15) is 28.5 Å². The molecule has 0 spiro atoms. The van der Waals surface area contributed by atoms with Gasteiger partial charge in [0.1, 0.15) is 30.5 Å². The maximum absolute atomic E-state index is 12.1. The first-order chi connectivity index (χ1) is 18.6. The molecule has 0 amide bonds. The summed E-state index contributed by atoms with van der Waals surface area (Å²) >= 11 is 0. The van der Waals surface area contributed by atoms with E-state index in [-0.39, 0.29) is 19.6 Å². The summed E-state index contributed by atoms with van der Waals surface area (Å²) in [7, 11) is -5.03. The Morgan fingerprint density at radius 1 is 0.872 bits per heavy atom. The van der Waals surface area contributed by atoms with Gasteiger partial charge in [0.25, 0.3) is 0 Å². The summed E-state index contributed by atoms with van der Waals surface area (Å²) < 4.78 is 57.6. The molecule has 6 atom stereocenters. The van der Waals surface area contributed by atoms with E-state index in [4.69, 9.17) is 23.5 Å². The van der Waals surface area contributed by atoms with E-state index in [0.29, 0.717) is 13.0 Å². The number of ether oxygens (including phenoxy) is 4. The molecule has 4 N–H and O–H groups in total. The first kappa shape index (κ1) is 36.1. The summed E-state index contributed by atoms with van der Waals surface area (Å²) in [5.41, 5.74) is 0. The van der Waals surface area contributed by atoms with E-state index in [1.807, 2.05) is 6.92 Å². The van der Waals surface area contributed by atoms with E-state index in [1.54, 1.807) is 0 Å². The average Bonchev–Trinajstić information content (AvgIpc) is 2.88. The van der Waals surface area contributed by atoms with Crippen LogP contribution in [0.3, 0.4) is 0 Å². The number of aliphatic hydroxyl groups excluding tert-OH is 3. The Labute approximate surface area is 233 Å². The molecular formula is C26H50O12S. The van der Waals surface area contributed by atoms with E-state index in [2.05, 4.69) is 11.1 Å². The molecule has 1 rings (SSSR count). The standard InChI is InChI=1S/C26H50O12S/c1-3-5-6-7-8-9-10-11-12-13-14-16-34-18-20(36-22(28)15-4-2)19-35-26-24(30)25(38-39(31,32)33)23(29)21(17-27)37-26/h20-21,23-27,29-30H,3-19H2,1-2H3,(H,31,32,33). The Bertz CT molecular complexity index is 734. The van der Waals surface area contributed by atoms with Crippen LogP contribution >= 0.6 is 0 Å². The molecule has 0 aromatic heterocycles. The van der Waals surface area contributed by atoms with Gasteiger partial charge in [-0.05, 0) is 12.8 Å². The number of esters is 1. The molecule has 12 nitrogen and oxygen atoms in total. The molecule has 1 fully saturated rings. The lowest BCUT2D eigenvalue weighted by Crippen LogP contribution is -2.60. The number of hydrogen-bond donors (Lipinski definition) is 4. The molecule has 0 aliphatic carbocycles. The lowest BCUT2D eigenvalue weighted by atomic mass is 9.99. The second kappa shape index (κ2) is 20.9. The summed E-state index contributed by atoms with van der Waals surface area (Å²) in [6.45, 7) is 3.55. The van der Waals surface area contributed by atoms with Crippen molar-refractivity contribution in [3.05, 3.63) is 0 Å². The molecule has 13 heteroatoms. The fourth-order valence-corrected chi connectivity index (χ4v) is 4.80. The van der Waals surface area contributed by atoms with Crippen LogP contribution in [0.25, 0.3) is 0 Å². The summed E-state index contributed by atoms with van der Waals surface area (Å²) in [5, 5.41) is 30.0. The monoisotopic (exact) mass is 586 g/mol. The number of carbonyl (C=O) groups excluding carboxylic acids is 1. The maximum Gasteiger partial charge on any atom is 0.397 e. The van der Waals surface area contributed by atoms with E-state index in [0.717, 1.165) is 19.3 Å². The van der Waals surface area contributed by atoms with Crippen molar-refractivity contribution in [2.45, 2.75) is 134 Å². The van der Waals surface area contributed by atoms with Crippen molar-refractivity contribution in [2.75, 3.05) is 26.4 Å². The van der Waals surface area contributed by atoms with Gasteiger partial charge in [0, 0.05) is 13.0 Å². The Hall–Kier alpha value is -0.900. The van der Waals surface area contributed by atoms with Crippen LogP contribution in [0, 0.1) is 0 Å². The molecule has 1 saturated heterocycles. The Balaban J connectivity index is 2.46. The fourth-order valence-electron chi connectivity index (χ4n) is 4.30. The molecule has 232 valence electrons. The predicted octanol–water partition coefficient (Wildman–Crippen LogP) is 2.67. The second-order valence-electron chi connectivity index (χ2n) is 10.0. The second-order valence-corrected chi connectivity index (χ2v) is 11.0. The molecule has 0 saturated carbocycles. The van der Waals surface area contributed by atoms with Crippen LogP contribution in [0.5, 0.6) is 0 Å². The summed E-state index contributed by atoms with van der Waals surface area (Å²) in [6, 6.07) is 0. The molecule has 39 heavy (non-hydrogen) atoms. The molecule has 0 radical (unpaired) electrons. The van der Waals surface area contributed by atoms with Crippen LogP contribution in [0.2, 0.25) is 0 Å². The minimum atomic E-state index is -5.03. The Morgan fingerprint density at radius 2 is 1.46 bits per heavy atom.